The lowest BCUT2D eigenvalue weighted by Gasteiger charge is -2.19. The summed E-state index contributed by atoms with van der Waals surface area (Å²) in [7, 11) is 0. The highest BCUT2D eigenvalue weighted by atomic mass is 19.1. The van der Waals surface area contributed by atoms with Crippen LogP contribution >= 0.6 is 0 Å². The van der Waals surface area contributed by atoms with Crippen molar-refractivity contribution in [2.24, 2.45) is 0 Å². The molecule has 160 valence electrons. The third-order valence-electron chi connectivity index (χ3n) is 5.15. The lowest BCUT2D eigenvalue weighted by molar-refractivity contribution is -0.119. The van der Waals surface area contributed by atoms with E-state index >= 15 is 0 Å². The largest absolute Gasteiger partial charge is 0.324 e. The predicted molar refractivity (Wildman–Crippen MR) is 108 cm³/mol. The molecule has 1 aliphatic rings. The van der Waals surface area contributed by atoms with Crippen molar-refractivity contribution in [3.05, 3.63) is 65.5 Å². The molecule has 1 unspecified atom stereocenters. The van der Waals surface area contributed by atoms with Crippen LogP contribution in [-0.4, -0.2) is 38.6 Å². The average Bonchev–Trinajstić information content (AvgIpc) is 3.34. The number of aromatic nitrogens is 4. The second-order valence-electron chi connectivity index (χ2n) is 7.32. The Balaban J connectivity index is 1.57. The first-order valence-corrected chi connectivity index (χ1v) is 9.82. The lowest BCUT2D eigenvalue weighted by atomic mass is 10.0. The van der Waals surface area contributed by atoms with Gasteiger partial charge in [-0.05, 0) is 59.7 Å². The van der Waals surface area contributed by atoms with E-state index in [1.165, 1.54) is 39.9 Å². The quantitative estimate of drug-likeness (QED) is 0.654. The van der Waals surface area contributed by atoms with Crippen LogP contribution in [0.4, 0.5) is 20.2 Å². The minimum Gasteiger partial charge on any atom is -0.324 e. The Morgan fingerprint density at radius 1 is 1.23 bits per heavy atom. The van der Waals surface area contributed by atoms with Gasteiger partial charge in [0.25, 0.3) is 0 Å². The van der Waals surface area contributed by atoms with E-state index in [2.05, 4.69) is 20.8 Å². The number of halogens is 2. The summed E-state index contributed by atoms with van der Waals surface area (Å²) in [5.41, 5.74) is 1.00. The fourth-order valence-corrected chi connectivity index (χ4v) is 3.64. The first-order chi connectivity index (χ1) is 14.9. The average molecular weight is 426 g/mol. The summed E-state index contributed by atoms with van der Waals surface area (Å²) >= 11 is 0. The zero-order valence-corrected chi connectivity index (χ0v) is 16.8. The van der Waals surface area contributed by atoms with E-state index in [9.17, 15) is 18.4 Å². The van der Waals surface area contributed by atoms with E-state index in [1.807, 2.05) is 0 Å². The van der Waals surface area contributed by atoms with Crippen LogP contribution in [-0.2, 0) is 16.0 Å². The van der Waals surface area contributed by atoms with Crippen LogP contribution in [0.15, 0.2) is 42.5 Å². The van der Waals surface area contributed by atoms with E-state index < -0.39 is 23.6 Å². The standard InChI is InChI=1S/C21H20F2N6O2/c1-13-25-26-27-29(13)19(11-14-4-2-5-15(22)10-14)21(31)24-16-7-8-18(17(23)12-16)28-9-3-6-20(28)30/h2,4-5,7-8,10,12,19H,3,6,9,11H2,1H3,(H,24,31). The molecule has 1 atom stereocenters. The maximum absolute atomic E-state index is 14.6. The number of tetrazole rings is 1. The molecule has 4 rings (SSSR count). The Morgan fingerprint density at radius 2 is 2.06 bits per heavy atom. The zero-order valence-electron chi connectivity index (χ0n) is 16.8. The molecule has 2 amide bonds. The number of amides is 2. The number of anilines is 2. The van der Waals surface area contributed by atoms with Gasteiger partial charge in [-0.25, -0.2) is 13.5 Å². The number of nitrogens with zero attached hydrogens (tertiary/aromatic N) is 5. The van der Waals surface area contributed by atoms with Crippen molar-refractivity contribution in [3.8, 4) is 0 Å². The van der Waals surface area contributed by atoms with Gasteiger partial charge in [0.05, 0.1) is 5.69 Å². The van der Waals surface area contributed by atoms with Crippen molar-refractivity contribution in [3.63, 3.8) is 0 Å². The Bertz CT molecular complexity index is 1130. The van der Waals surface area contributed by atoms with Gasteiger partial charge in [-0.15, -0.1) is 5.10 Å². The number of nitrogens with one attached hydrogen (secondary N) is 1. The number of benzene rings is 2. The second kappa shape index (κ2) is 8.58. The van der Waals surface area contributed by atoms with Crippen molar-refractivity contribution in [1.82, 2.24) is 20.2 Å². The topological polar surface area (TPSA) is 93.0 Å². The summed E-state index contributed by atoms with van der Waals surface area (Å²) in [6.45, 7) is 2.11. The van der Waals surface area contributed by atoms with Crippen LogP contribution in [0, 0.1) is 18.6 Å². The molecule has 1 aliphatic heterocycles. The molecular formula is C21H20F2N6O2. The minimum absolute atomic E-state index is 0.125. The number of carbonyl (C=O) groups is 2. The molecule has 8 nitrogen and oxygen atoms in total. The molecule has 0 saturated carbocycles. The molecule has 31 heavy (non-hydrogen) atoms. The van der Waals surface area contributed by atoms with Crippen LogP contribution in [0.1, 0.15) is 30.3 Å². The second-order valence-corrected chi connectivity index (χ2v) is 7.32. The van der Waals surface area contributed by atoms with Crippen LogP contribution in [0.3, 0.4) is 0 Å². The molecule has 0 radical (unpaired) electrons. The van der Waals surface area contributed by atoms with Crippen molar-refractivity contribution >= 4 is 23.2 Å². The van der Waals surface area contributed by atoms with Crippen molar-refractivity contribution in [2.75, 3.05) is 16.8 Å². The summed E-state index contributed by atoms with van der Waals surface area (Å²) in [6, 6.07) is 9.21. The molecule has 0 spiro atoms. The normalized spacial score (nSPS) is 14.7. The van der Waals surface area contributed by atoms with Gasteiger partial charge >= 0.3 is 0 Å². The summed E-state index contributed by atoms with van der Waals surface area (Å²) in [5.74, 6) is -1.22. The highest BCUT2D eigenvalue weighted by Gasteiger charge is 2.27. The summed E-state index contributed by atoms with van der Waals surface area (Å²) in [6.07, 6.45) is 1.22. The molecule has 2 heterocycles. The Labute approximate surface area is 176 Å². The first kappa shape index (κ1) is 20.6. The number of carbonyl (C=O) groups excluding carboxylic acids is 2. The third kappa shape index (κ3) is 4.42. The molecular weight excluding hydrogens is 406 g/mol. The maximum atomic E-state index is 14.6. The fourth-order valence-electron chi connectivity index (χ4n) is 3.64. The van der Waals surface area contributed by atoms with Gasteiger partial charge in [0.2, 0.25) is 11.8 Å². The highest BCUT2D eigenvalue weighted by molar-refractivity contribution is 5.97. The highest BCUT2D eigenvalue weighted by Crippen LogP contribution is 2.27. The van der Waals surface area contributed by atoms with E-state index in [4.69, 9.17) is 0 Å². The van der Waals surface area contributed by atoms with Crippen LogP contribution < -0.4 is 10.2 Å². The molecule has 0 bridgehead atoms. The SMILES string of the molecule is Cc1nnnn1C(Cc1cccc(F)c1)C(=O)Nc1ccc(N2CCCC2=O)c(F)c1. The van der Waals surface area contributed by atoms with Gasteiger partial charge in [-0.3, -0.25) is 9.59 Å². The number of aryl methyl sites for hydroxylation is 1. The summed E-state index contributed by atoms with van der Waals surface area (Å²) < 4.78 is 29.6. The van der Waals surface area contributed by atoms with E-state index in [0.717, 1.165) is 0 Å². The van der Waals surface area contributed by atoms with Crippen LogP contribution in [0.5, 0.6) is 0 Å². The van der Waals surface area contributed by atoms with Crippen molar-refractivity contribution in [2.45, 2.75) is 32.2 Å². The van der Waals surface area contributed by atoms with Crippen LogP contribution in [0.2, 0.25) is 0 Å². The van der Waals surface area contributed by atoms with Crippen molar-refractivity contribution in [1.29, 1.82) is 0 Å². The lowest BCUT2D eigenvalue weighted by Crippen LogP contribution is -2.30. The van der Waals surface area contributed by atoms with Crippen molar-refractivity contribution < 1.29 is 18.4 Å². The van der Waals surface area contributed by atoms with Gasteiger partial charge < -0.3 is 10.2 Å². The zero-order chi connectivity index (χ0) is 22.0. The molecule has 1 N–H and O–H groups in total. The Kier molecular flexibility index (Phi) is 5.70. The fraction of sp³-hybridized carbons (Fsp3) is 0.286. The predicted octanol–water partition coefficient (Wildman–Crippen LogP) is 2.81. The smallest absolute Gasteiger partial charge is 0.249 e. The number of hydrogen-bond acceptors (Lipinski definition) is 5. The minimum atomic E-state index is -0.875. The van der Waals surface area contributed by atoms with E-state index in [-0.39, 0.29) is 23.7 Å². The van der Waals surface area contributed by atoms with Gasteiger partial charge in [-0.2, -0.15) is 0 Å². The number of hydrogen-bond donors (Lipinski definition) is 1. The van der Waals surface area contributed by atoms with Crippen LogP contribution in [0.25, 0.3) is 0 Å². The number of rotatable bonds is 6. The molecule has 1 aromatic heterocycles. The molecule has 2 aromatic carbocycles. The molecule has 10 heteroatoms. The first-order valence-electron chi connectivity index (χ1n) is 9.82. The van der Waals surface area contributed by atoms with E-state index in [0.29, 0.717) is 30.8 Å². The molecule has 1 saturated heterocycles. The van der Waals surface area contributed by atoms with Gasteiger partial charge in [0.15, 0.2) is 0 Å². The van der Waals surface area contributed by atoms with E-state index in [1.54, 1.807) is 19.1 Å². The Morgan fingerprint density at radius 3 is 2.71 bits per heavy atom. The van der Waals surface area contributed by atoms with Gasteiger partial charge in [0, 0.05) is 25.1 Å². The summed E-state index contributed by atoms with van der Waals surface area (Å²) in [5, 5.41) is 13.9. The van der Waals surface area contributed by atoms with Gasteiger partial charge in [0.1, 0.15) is 23.5 Å². The van der Waals surface area contributed by atoms with Gasteiger partial charge in [-0.1, -0.05) is 12.1 Å². The third-order valence-corrected chi connectivity index (χ3v) is 5.15. The molecule has 1 fully saturated rings. The molecule has 3 aromatic rings. The summed E-state index contributed by atoms with van der Waals surface area (Å²) in [4.78, 5) is 26.3. The monoisotopic (exact) mass is 426 g/mol. The Hall–Kier alpha value is -3.69. The molecule has 0 aliphatic carbocycles. The maximum Gasteiger partial charge on any atom is 0.249 e.